The molecule has 2 aromatic rings. The van der Waals surface area contributed by atoms with Crippen LogP contribution in [0.25, 0.3) is 0 Å². The van der Waals surface area contributed by atoms with Gasteiger partial charge in [-0.25, -0.2) is 4.79 Å². The predicted molar refractivity (Wildman–Crippen MR) is 86.6 cm³/mol. The van der Waals surface area contributed by atoms with Crippen LogP contribution in [0.5, 0.6) is 0 Å². The highest BCUT2D eigenvalue weighted by molar-refractivity contribution is 6.06. The van der Waals surface area contributed by atoms with Crippen LogP contribution in [-0.4, -0.2) is 21.8 Å². The second-order valence-corrected chi connectivity index (χ2v) is 6.16. The number of amides is 3. The van der Waals surface area contributed by atoms with E-state index in [-0.39, 0.29) is 18.5 Å². The summed E-state index contributed by atoms with van der Waals surface area (Å²) in [6, 6.07) is 11.0. The van der Waals surface area contributed by atoms with Crippen LogP contribution in [0.2, 0.25) is 0 Å². The summed E-state index contributed by atoms with van der Waals surface area (Å²) in [6.45, 7) is 5.95. The van der Waals surface area contributed by atoms with Crippen LogP contribution in [0.1, 0.15) is 29.3 Å². The Morgan fingerprint density at radius 1 is 1.13 bits per heavy atom. The van der Waals surface area contributed by atoms with E-state index in [0.717, 1.165) is 16.7 Å². The number of carbonyl (C=O) groups excluding carboxylic acids is 2. The summed E-state index contributed by atoms with van der Waals surface area (Å²) in [5.74, 6) is -0.277. The van der Waals surface area contributed by atoms with E-state index in [1.807, 2.05) is 26.0 Å². The number of aromatic nitrogens is 1. The lowest BCUT2D eigenvalue weighted by Gasteiger charge is -2.21. The molecular formula is C18H19N3O2. The van der Waals surface area contributed by atoms with Gasteiger partial charge < -0.3 is 5.32 Å². The molecule has 0 radical (unpaired) electrons. The maximum atomic E-state index is 12.8. The highest BCUT2D eigenvalue weighted by Gasteiger charge is 2.49. The van der Waals surface area contributed by atoms with Crippen LogP contribution in [-0.2, 0) is 16.9 Å². The molecule has 1 aromatic heterocycles. The molecule has 1 aliphatic rings. The predicted octanol–water partition coefficient (Wildman–Crippen LogP) is 2.67. The minimum absolute atomic E-state index is 0.260. The average molecular weight is 309 g/mol. The molecule has 1 aliphatic heterocycles. The molecule has 5 nitrogen and oxygen atoms in total. The third kappa shape index (κ3) is 2.70. The lowest BCUT2D eigenvalue weighted by molar-refractivity contribution is -0.131. The molecule has 3 amide bonds. The molecule has 0 spiro atoms. The Labute approximate surface area is 135 Å². The number of nitrogens with zero attached hydrogens (tertiary/aromatic N) is 2. The van der Waals surface area contributed by atoms with Crippen LogP contribution in [0.3, 0.4) is 0 Å². The number of aryl methyl sites for hydroxylation is 2. The monoisotopic (exact) mass is 309 g/mol. The fourth-order valence-corrected chi connectivity index (χ4v) is 3.02. The minimum atomic E-state index is -1.11. The fourth-order valence-electron chi connectivity index (χ4n) is 3.02. The Morgan fingerprint density at radius 3 is 2.43 bits per heavy atom. The van der Waals surface area contributed by atoms with Gasteiger partial charge in [0.25, 0.3) is 5.91 Å². The van der Waals surface area contributed by atoms with Gasteiger partial charge in [-0.3, -0.25) is 14.7 Å². The first-order valence-corrected chi connectivity index (χ1v) is 7.53. The second kappa shape index (κ2) is 5.50. The van der Waals surface area contributed by atoms with Crippen molar-refractivity contribution in [3.63, 3.8) is 0 Å². The zero-order valence-corrected chi connectivity index (χ0v) is 13.5. The van der Waals surface area contributed by atoms with Crippen molar-refractivity contribution >= 4 is 11.9 Å². The summed E-state index contributed by atoms with van der Waals surface area (Å²) in [6.07, 6.45) is 1.62. The Kier molecular flexibility index (Phi) is 3.64. The van der Waals surface area contributed by atoms with E-state index in [2.05, 4.69) is 16.4 Å². The number of rotatable bonds is 3. The summed E-state index contributed by atoms with van der Waals surface area (Å²) >= 11 is 0. The third-order valence-electron chi connectivity index (χ3n) is 4.07. The summed E-state index contributed by atoms with van der Waals surface area (Å²) in [5.41, 5.74) is 2.59. The molecular weight excluding hydrogens is 290 g/mol. The Hall–Kier alpha value is -2.69. The van der Waals surface area contributed by atoms with E-state index in [0.29, 0.717) is 5.69 Å². The quantitative estimate of drug-likeness (QED) is 0.887. The molecule has 1 atom stereocenters. The Bertz CT molecular complexity index is 753. The molecule has 1 unspecified atom stereocenters. The molecule has 1 saturated heterocycles. The first-order valence-electron chi connectivity index (χ1n) is 7.53. The van der Waals surface area contributed by atoms with Crippen molar-refractivity contribution in [3.05, 3.63) is 65.0 Å². The Balaban J connectivity index is 1.90. The summed E-state index contributed by atoms with van der Waals surface area (Å²) in [7, 11) is 0. The average Bonchev–Trinajstić information content (AvgIpc) is 2.72. The molecule has 0 aliphatic carbocycles. The van der Waals surface area contributed by atoms with Gasteiger partial charge in [0.1, 0.15) is 0 Å². The van der Waals surface area contributed by atoms with Gasteiger partial charge in [0, 0.05) is 6.20 Å². The van der Waals surface area contributed by atoms with Crippen LogP contribution in [0, 0.1) is 13.8 Å². The SMILES string of the molecule is Cc1cc(C)cc(CN2C(=O)NC(C)(c3ccccn3)C2=O)c1. The molecule has 0 bridgehead atoms. The minimum Gasteiger partial charge on any atom is -0.318 e. The largest absolute Gasteiger partial charge is 0.325 e. The van der Waals surface area contributed by atoms with E-state index in [4.69, 9.17) is 0 Å². The van der Waals surface area contributed by atoms with Crippen molar-refractivity contribution in [2.45, 2.75) is 32.9 Å². The molecule has 118 valence electrons. The van der Waals surface area contributed by atoms with Crippen LogP contribution in [0.15, 0.2) is 42.6 Å². The maximum absolute atomic E-state index is 12.8. The number of hydrogen-bond acceptors (Lipinski definition) is 3. The number of urea groups is 1. The van der Waals surface area contributed by atoms with E-state index in [1.165, 1.54) is 4.90 Å². The van der Waals surface area contributed by atoms with E-state index < -0.39 is 5.54 Å². The van der Waals surface area contributed by atoms with Crippen LogP contribution < -0.4 is 5.32 Å². The number of pyridine rings is 1. The molecule has 5 heteroatoms. The van der Waals surface area contributed by atoms with E-state index in [1.54, 1.807) is 31.3 Å². The normalized spacial score (nSPS) is 20.7. The van der Waals surface area contributed by atoms with Gasteiger partial charge in [-0.15, -0.1) is 0 Å². The number of imide groups is 1. The van der Waals surface area contributed by atoms with Crippen molar-refractivity contribution in [1.82, 2.24) is 15.2 Å². The van der Waals surface area contributed by atoms with Crippen LogP contribution in [0.4, 0.5) is 4.79 Å². The topological polar surface area (TPSA) is 62.3 Å². The van der Waals surface area contributed by atoms with Gasteiger partial charge in [0.05, 0.1) is 12.2 Å². The maximum Gasteiger partial charge on any atom is 0.325 e. The smallest absolute Gasteiger partial charge is 0.318 e. The zero-order valence-electron chi connectivity index (χ0n) is 13.5. The molecule has 1 N–H and O–H groups in total. The summed E-state index contributed by atoms with van der Waals surface area (Å²) in [5, 5.41) is 2.77. The molecule has 1 aromatic carbocycles. The first kappa shape index (κ1) is 15.2. The number of benzene rings is 1. The first-order chi connectivity index (χ1) is 10.9. The van der Waals surface area contributed by atoms with Gasteiger partial charge in [-0.05, 0) is 38.5 Å². The molecule has 3 rings (SSSR count). The lowest BCUT2D eigenvalue weighted by atomic mass is 9.97. The standard InChI is InChI=1S/C18H19N3O2/c1-12-8-13(2)10-14(9-12)11-21-16(22)18(3,20-17(21)23)15-6-4-5-7-19-15/h4-10H,11H2,1-3H3,(H,20,23). The molecule has 0 saturated carbocycles. The van der Waals surface area contributed by atoms with Gasteiger partial charge in [0.2, 0.25) is 0 Å². The molecule has 2 heterocycles. The van der Waals surface area contributed by atoms with Crippen LogP contribution >= 0.6 is 0 Å². The van der Waals surface area contributed by atoms with E-state index >= 15 is 0 Å². The third-order valence-corrected chi connectivity index (χ3v) is 4.07. The summed E-state index contributed by atoms with van der Waals surface area (Å²) < 4.78 is 0. The number of carbonyl (C=O) groups is 2. The number of hydrogen-bond donors (Lipinski definition) is 1. The lowest BCUT2D eigenvalue weighted by Crippen LogP contribution is -2.41. The van der Waals surface area contributed by atoms with Gasteiger partial charge in [0.15, 0.2) is 5.54 Å². The van der Waals surface area contributed by atoms with Crippen molar-refractivity contribution in [1.29, 1.82) is 0 Å². The van der Waals surface area contributed by atoms with Gasteiger partial charge in [-0.1, -0.05) is 35.4 Å². The summed E-state index contributed by atoms with van der Waals surface area (Å²) in [4.78, 5) is 30.6. The highest BCUT2D eigenvalue weighted by atomic mass is 16.2. The number of nitrogens with one attached hydrogen (secondary N) is 1. The van der Waals surface area contributed by atoms with Gasteiger partial charge in [-0.2, -0.15) is 0 Å². The van der Waals surface area contributed by atoms with Crippen molar-refractivity contribution in [2.24, 2.45) is 0 Å². The van der Waals surface area contributed by atoms with Crippen molar-refractivity contribution in [2.75, 3.05) is 0 Å². The second-order valence-electron chi connectivity index (χ2n) is 6.16. The Morgan fingerprint density at radius 2 is 1.83 bits per heavy atom. The van der Waals surface area contributed by atoms with Crippen molar-refractivity contribution in [3.8, 4) is 0 Å². The fraction of sp³-hybridized carbons (Fsp3) is 0.278. The van der Waals surface area contributed by atoms with E-state index in [9.17, 15) is 9.59 Å². The molecule has 1 fully saturated rings. The van der Waals surface area contributed by atoms with Gasteiger partial charge >= 0.3 is 6.03 Å². The molecule has 23 heavy (non-hydrogen) atoms. The van der Waals surface area contributed by atoms with Crippen molar-refractivity contribution < 1.29 is 9.59 Å². The zero-order chi connectivity index (χ0) is 16.6. The highest BCUT2D eigenvalue weighted by Crippen LogP contribution is 2.28.